The molecule has 2 saturated carbocycles. The molecular weight excluding hydrogens is 390 g/mol. The summed E-state index contributed by atoms with van der Waals surface area (Å²) in [6, 6.07) is 10.6. The van der Waals surface area contributed by atoms with Crippen LogP contribution in [-0.4, -0.2) is 72.0 Å². The molecule has 2 aliphatic heterocycles. The topological polar surface area (TPSA) is 53.1 Å². The van der Waals surface area contributed by atoms with E-state index in [0.29, 0.717) is 12.5 Å². The quantitative estimate of drug-likeness (QED) is 0.741. The fraction of sp³-hybridized carbons (Fsp3) is 0.680. The van der Waals surface area contributed by atoms with Crippen LogP contribution in [0.25, 0.3) is 0 Å². The molecule has 1 aromatic carbocycles. The molecule has 6 heteroatoms. The van der Waals surface area contributed by atoms with Crippen molar-refractivity contribution < 1.29 is 14.3 Å². The maximum atomic E-state index is 13.0. The molecule has 1 spiro atoms. The van der Waals surface area contributed by atoms with Crippen molar-refractivity contribution in [1.29, 1.82) is 0 Å². The normalized spacial score (nSPS) is 24.5. The minimum absolute atomic E-state index is 0.201. The van der Waals surface area contributed by atoms with Crippen LogP contribution >= 0.6 is 0 Å². The third-order valence-electron chi connectivity index (χ3n) is 8.21. The zero-order valence-electron chi connectivity index (χ0n) is 18.5. The number of carbonyl (C=O) groups excluding carboxylic acids is 2. The van der Waals surface area contributed by atoms with E-state index in [4.69, 9.17) is 4.74 Å². The summed E-state index contributed by atoms with van der Waals surface area (Å²) in [5, 5.41) is 0. The van der Waals surface area contributed by atoms with Crippen molar-refractivity contribution >= 4 is 12.0 Å². The summed E-state index contributed by atoms with van der Waals surface area (Å²) >= 11 is 0. The molecule has 0 atom stereocenters. The zero-order valence-corrected chi connectivity index (χ0v) is 18.5. The fourth-order valence-electron chi connectivity index (χ4n) is 5.86. The number of ether oxygens (including phenoxy) is 1. The van der Waals surface area contributed by atoms with Gasteiger partial charge < -0.3 is 14.5 Å². The second-order valence-corrected chi connectivity index (χ2v) is 10.1. The number of carbonyl (C=O) groups is 2. The first-order chi connectivity index (χ1) is 15.1. The summed E-state index contributed by atoms with van der Waals surface area (Å²) in [6.45, 7) is 5.72. The van der Waals surface area contributed by atoms with E-state index in [2.05, 4.69) is 9.80 Å². The molecule has 0 bridgehead atoms. The lowest BCUT2D eigenvalue weighted by atomic mass is 9.57. The lowest BCUT2D eigenvalue weighted by Crippen LogP contribution is -2.57. The summed E-state index contributed by atoms with van der Waals surface area (Å²) in [7, 11) is 0. The first-order valence-corrected chi connectivity index (χ1v) is 12.1. The largest absolute Gasteiger partial charge is 0.445 e. The number of hydrogen-bond acceptors (Lipinski definition) is 4. The molecule has 0 N–H and O–H groups in total. The smallest absolute Gasteiger partial charge is 0.410 e. The third kappa shape index (κ3) is 4.45. The van der Waals surface area contributed by atoms with Crippen molar-refractivity contribution in [3.05, 3.63) is 35.9 Å². The summed E-state index contributed by atoms with van der Waals surface area (Å²) in [6.07, 6.45) is 7.83. The molecule has 1 aromatic rings. The molecule has 0 unspecified atom stereocenters. The van der Waals surface area contributed by atoms with E-state index < -0.39 is 0 Å². The SMILES string of the molecule is O=C(OCc1ccccc1)N1CCC2(CC1)CC(C(=O)N1CCN(C3CCC3)CC1)C2. The van der Waals surface area contributed by atoms with Gasteiger partial charge in [-0.1, -0.05) is 36.8 Å². The highest BCUT2D eigenvalue weighted by atomic mass is 16.6. The molecule has 168 valence electrons. The Kier molecular flexibility index (Phi) is 5.91. The molecule has 2 saturated heterocycles. The summed E-state index contributed by atoms with van der Waals surface area (Å²) in [5.41, 5.74) is 1.28. The van der Waals surface area contributed by atoms with E-state index in [1.165, 1.54) is 19.3 Å². The second kappa shape index (κ2) is 8.81. The van der Waals surface area contributed by atoms with Gasteiger partial charge in [-0.25, -0.2) is 4.79 Å². The fourth-order valence-corrected chi connectivity index (χ4v) is 5.86. The molecule has 31 heavy (non-hydrogen) atoms. The Morgan fingerprint density at radius 3 is 2.19 bits per heavy atom. The van der Waals surface area contributed by atoms with E-state index in [9.17, 15) is 9.59 Å². The van der Waals surface area contributed by atoms with Gasteiger partial charge in [-0.3, -0.25) is 9.69 Å². The highest BCUT2D eigenvalue weighted by Crippen LogP contribution is 2.53. The number of likely N-dealkylation sites (tertiary alicyclic amines) is 1. The Hall–Kier alpha value is -2.08. The van der Waals surface area contributed by atoms with Crippen molar-refractivity contribution in [1.82, 2.24) is 14.7 Å². The highest BCUT2D eigenvalue weighted by Gasteiger charge is 2.50. The Bertz CT molecular complexity index is 770. The van der Waals surface area contributed by atoms with Crippen LogP contribution in [0.2, 0.25) is 0 Å². The number of benzene rings is 1. The lowest BCUT2D eigenvalue weighted by Gasteiger charge is -2.52. The van der Waals surface area contributed by atoms with Gasteiger partial charge >= 0.3 is 6.09 Å². The predicted octanol–water partition coefficient (Wildman–Crippen LogP) is 3.51. The van der Waals surface area contributed by atoms with E-state index in [1.807, 2.05) is 35.2 Å². The summed E-state index contributed by atoms with van der Waals surface area (Å²) < 4.78 is 5.49. The van der Waals surface area contributed by atoms with E-state index in [-0.39, 0.29) is 17.4 Å². The minimum Gasteiger partial charge on any atom is -0.445 e. The average molecular weight is 426 g/mol. The van der Waals surface area contributed by atoms with Gasteiger partial charge in [-0.15, -0.1) is 0 Å². The molecule has 2 amide bonds. The highest BCUT2D eigenvalue weighted by molar-refractivity contribution is 5.80. The van der Waals surface area contributed by atoms with Gasteiger partial charge in [0.15, 0.2) is 0 Å². The molecule has 2 heterocycles. The standard InChI is InChI=1S/C25H35N3O3/c29-23(27-15-13-26(14-16-27)22-7-4-8-22)21-17-25(18-21)9-11-28(12-10-25)24(30)31-19-20-5-2-1-3-6-20/h1-3,5-6,21-22H,4,7-19H2. The van der Waals surface area contributed by atoms with Crippen molar-refractivity contribution in [2.45, 2.75) is 57.6 Å². The van der Waals surface area contributed by atoms with Gasteiger partial charge in [0.25, 0.3) is 0 Å². The monoisotopic (exact) mass is 425 g/mol. The molecule has 0 aromatic heterocycles. The second-order valence-electron chi connectivity index (χ2n) is 10.1. The van der Waals surface area contributed by atoms with Crippen molar-refractivity contribution in [3.63, 3.8) is 0 Å². The number of rotatable bonds is 4. The van der Waals surface area contributed by atoms with Gasteiger partial charge in [-0.05, 0) is 49.5 Å². The van der Waals surface area contributed by atoms with E-state index in [0.717, 1.165) is 76.6 Å². The van der Waals surface area contributed by atoms with Crippen molar-refractivity contribution in [2.24, 2.45) is 11.3 Å². The van der Waals surface area contributed by atoms with Gasteiger partial charge in [0.05, 0.1) is 0 Å². The molecule has 0 radical (unpaired) electrons. The first kappa shape index (κ1) is 20.8. The van der Waals surface area contributed by atoms with Crippen LogP contribution < -0.4 is 0 Å². The van der Waals surface area contributed by atoms with Crippen LogP contribution in [0.15, 0.2) is 30.3 Å². The van der Waals surface area contributed by atoms with E-state index >= 15 is 0 Å². The van der Waals surface area contributed by atoms with E-state index in [1.54, 1.807) is 0 Å². The van der Waals surface area contributed by atoms with Crippen LogP contribution in [0.5, 0.6) is 0 Å². The van der Waals surface area contributed by atoms with Gasteiger partial charge in [0, 0.05) is 51.2 Å². The molecule has 2 aliphatic carbocycles. The molecule has 6 nitrogen and oxygen atoms in total. The number of nitrogens with zero attached hydrogens (tertiary/aromatic N) is 3. The molecule has 4 fully saturated rings. The Morgan fingerprint density at radius 2 is 1.58 bits per heavy atom. The van der Waals surface area contributed by atoms with Crippen molar-refractivity contribution in [3.8, 4) is 0 Å². The number of hydrogen-bond donors (Lipinski definition) is 0. The number of piperidine rings is 1. The first-order valence-electron chi connectivity index (χ1n) is 12.1. The summed E-state index contributed by atoms with van der Waals surface area (Å²) in [4.78, 5) is 31.9. The van der Waals surface area contributed by atoms with Crippen LogP contribution in [0.3, 0.4) is 0 Å². The van der Waals surface area contributed by atoms with Gasteiger partial charge in [-0.2, -0.15) is 0 Å². The van der Waals surface area contributed by atoms with Crippen LogP contribution in [0.4, 0.5) is 4.79 Å². The van der Waals surface area contributed by atoms with Gasteiger partial charge in [0.1, 0.15) is 6.61 Å². The number of piperazine rings is 1. The Labute approximate surface area is 185 Å². The van der Waals surface area contributed by atoms with Gasteiger partial charge in [0.2, 0.25) is 5.91 Å². The lowest BCUT2D eigenvalue weighted by molar-refractivity contribution is -0.148. The number of amides is 2. The summed E-state index contributed by atoms with van der Waals surface area (Å²) in [5.74, 6) is 0.579. The maximum absolute atomic E-state index is 13.0. The maximum Gasteiger partial charge on any atom is 0.410 e. The van der Waals surface area contributed by atoms with Crippen LogP contribution in [0.1, 0.15) is 50.5 Å². The predicted molar refractivity (Wildman–Crippen MR) is 118 cm³/mol. The third-order valence-corrected chi connectivity index (χ3v) is 8.21. The van der Waals surface area contributed by atoms with Crippen LogP contribution in [-0.2, 0) is 16.1 Å². The molecule has 5 rings (SSSR count). The Morgan fingerprint density at radius 1 is 0.903 bits per heavy atom. The molecule has 4 aliphatic rings. The average Bonchev–Trinajstić information content (AvgIpc) is 2.75. The Balaban J connectivity index is 1.03. The molecular formula is C25H35N3O3. The van der Waals surface area contributed by atoms with Crippen molar-refractivity contribution in [2.75, 3.05) is 39.3 Å². The zero-order chi connectivity index (χ0) is 21.3. The minimum atomic E-state index is -0.213. The van der Waals surface area contributed by atoms with Crippen LogP contribution in [0, 0.1) is 11.3 Å².